The van der Waals surface area contributed by atoms with E-state index in [4.69, 9.17) is 9.47 Å². The summed E-state index contributed by atoms with van der Waals surface area (Å²) >= 11 is 0. The molecule has 0 aromatic rings. The van der Waals surface area contributed by atoms with Gasteiger partial charge in [0.2, 0.25) is 0 Å². The maximum Gasteiger partial charge on any atom is 0.471 e. The summed E-state index contributed by atoms with van der Waals surface area (Å²) in [5.74, 6) is -6.55. The molecule has 2 atom stereocenters. The number of fused-ring (bicyclic) bond motifs is 1. The van der Waals surface area contributed by atoms with Crippen molar-refractivity contribution < 1.29 is 50.2 Å². The molecule has 10 nitrogen and oxygen atoms in total. The van der Waals surface area contributed by atoms with Crippen LogP contribution in [0.2, 0.25) is 0 Å². The van der Waals surface area contributed by atoms with E-state index in [-0.39, 0.29) is 5.57 Å². The Morgan fingerprint density at radius 1 is 1.20 bits per heavy atom. The van der Waals surface area contributed by atoms with E-state index in [1.54, 1.807) is 0 Å². The minimum absolute atomic E-state index is 0.273. The zero-order valence-electron chi connectivity index (χ0n) is 16.3. The van der Waals surface area contributed by atoms with Gasteiger partial charge >= 0.3 is 24.0 Å². The highest BCUT2D eigenvalue weighted by molar-refractivity contribution is 7.92. The molecule has 30 heavy (non-hydrogen) atoms. The maximum atomic E-state index is 12.6. The highest BCUT2D eigenvalue weighted by Gasteiger charge is 2.62. The van der Waals surface area contributed by atoms with Crippen LogP contribution in [0.3, 0.4) is 0 Å². The van der Waals surface area contributed by atoms with E-state index >= 15 is 0 Å². The molecule has 1 N–H and O–H groups in total. The normalized spacial score (nSPS) is 23.3. The van der Waals surface area contributed by atoms with Crippen molar-refractivity contribution in [3.05, 3.63) is 11.3 Å². The average molecular weight is 456 g/mol. The van der Waals surface area contributed by atoms with Crippen molar-refractivity contribution in [3.63, 3.8) is 0 Å². The predicted molar refractivity (Wildman–Crippen MR) is 91.9 cm³/mol. The minimum atomic E-state index is -5.34. The molecular weight excluding hydrogens is 437 g/mol. The topological polar surface area (TPSA) is 136 Å². The standard InChI is InChI=1S/C16H19F3N2O8S/c1-7(22)28-5-8-6-30(26,27)12-9(20-14(25)16(17,18)19)11(23)21(12)10(8)13(24)29-15(2,3)4/h9,12H,5-6H2,1-4H3,(H,20,25)/t9-,12?/m0/s1. The van der Waals surface area contributed by atoms with E-state index in [1.807, 2.05) is 0 Å². The predicted octanol–water partition coefficient (Wildman–Crippen LogP) is -0.211. The van der Waals surface area contributed by atoms with Crippen molar-refractivity contribution in [1.29, 1.82) is 0 Å². The molecule has 0 radical (unpaired) electrons. The second-order valence-electron chi connectivity index (χ2n) is 7.59. The first-order chi connectivity index (χ1) is 13.5. The van der Waals surface area contributed by atoms with Gasteiger partial charge in [-0.15, -0.1) is 0 Å². The molecular formula is C16H19F3N2O8S. The first-order valence-corrected chi connectivity index (χ1v) is 10.2. The highest BCUT2D eigenvalue weighted by atomic mass is 32.2. The van der Waals surface area contributed by atoms with Crippen LogP contribution in [0, 0.1) is 0 Å². The Morgan fingerprint density at radius 2 is 1.77 bits per heavy atom. The lowest BCUT2D eigenvalue weighted by molar-refractivity contribution is -0.177. The molecule has 168 valence electrons. The fraction of sp³-hybridized carbons (Fsp3) is 0.625. The lowest BCUT2D eigenvalue weighted by atomic mass is 10.0. The first kappa shape index (κ1) is 23.6. The Bertz CT molecular complexity index is 933. The summed E-state index contributed by atoms with van der Waals surface area (Å²) in [5, 5.41) is -0.591. The van der Waals surface area contributed by atoms with Gasteiger partial charge in [0.1, 0.15) is 23.9 Å². The molecule has 2 heterocycles. The molecule has 1 saturated heterocycles. The smallest absolute Gasteiger partial charge is 0.461 e. The Hall–Kier alpha value is -2.64. The van der Waals surface area contributed by atoms with Crippen molar-refractivity contribution in [2.45, 2.75) is 50.9 Å². The Balaban J connectivity index is 2.47. The fourth-order valence-corrected chi connectivity index (χ4v) is 4.87. The number of rotatable bonds is 4. The number of hydrogen-bond donors (Lipinski definition) is 1. The van der Waals surface area contributed by atoms with Crippen LogP contribution in [0.5, 0.6) is 0 Å². The van der Waals surface area contributed by atoms with Gasteiger partial charge in [0.15, 0.2) is 15.2 Å². The number of amides is 2. The van der Waals surface area contributed by atoms with E-state index < -0.39 is 74.8 Å². The molecule has 2 amide bonds. The Morgan fingerprint density at radius 3 is 2.23 bits per heavy atom. The van der Waals surface area contributed by atoms with Gasteiger partial charge in [0, 0.05) is 12.5 Å². The van der Waals surface area contributed by atoms with Crippen LogP contribution in [0.1, 0.15) is 27.7 Å². The second kappa shape index (κ2) is 7.56. The molecule has 0 saturated carbocycles. The van der Waals surface area contributed by atoms with Crippen LogP contribution < -0.4 is 5.32 Å². The number of esters is 2. The highest BCUT2D eigenvalue weighted by Crippen LogP contribution is 2.38. The molecule has 1 unspecified atom stereocenters. The van der Waals surface area contributed by atoms with Crippen molar-refractivity contribution >= 4 is 33.6 Å². The molecule has 0 aromatic heterocycles. The van der Waals surface area contributed by atoms with Gasteiger partial charge < -0.3 is 14.8 Å². The summed E-state index contributed by atoms with van der Waals surface area (Å²) in [5.41, 5.74) is -1.88. The number of nitrogens with zero attached hydrogens (tertiary/aromatic N) is 1. The first-order valence-electron chi connectivity index (χ1n) is 8.47. The molecule has 1 fully saturated rings. The number of β-lactam (4-membered cyclic amide) rings is 1. The largest absolute Gasteiger partial charge is 0.471 e. The van der Waals surface area contributed by atoms with E-state index in [0.717, 1.165) is 6.92 Å². The molecule has 14 heteroatoms. The second-order valence-corrected chi connectivity index (χ2v) is 9.69. The fourth-order valence-electron chi connectivity index (χ4n) is 2.86. The van der Waals surface area contributed by atoms with Crippen molar-refractivity contribution in [2.24, 2.45) is 0 Å². The van der Waals surface area contributed by atoms with E-state index in [2.05, 4.69) is 0 Å². The number of carbonyl (C=O) groups is 4. The zero-order chi connectivity index (χ0) is 23.2. The zero-order valence-corrected chi connectivity index (χ0v) is 17.1. The van der Waals surface area contributed by atoms with Crippen LogP contribution in [0.4, 0.5) is 13.2 Å². The lowest BCUT2D eigenvalue weighted by Gasteiger charge is -2.49. The average Bonchev–Trinajstić information content (AvgIpc) is 2.53. The number of nitrogens with one attached hydrogen (secondary N) is 1. The van der Waals surface area contributed by atoms with Gasteiger partial charge in [-0.05, 0) is 20.8 Å². The molecule has 0 bridgehead atoms. The molecule has 2 aliphatic heterocycles. The molecule has 0 spiro atoms. The number of carbonyl (C=O) groups excluding carboxylic acids is 4. The van der Waals surface area contributed by atoms with Crippen molar-refractivity contribution in [1.82, 2.24) is 10.2 Å². The van der Waals surface area contributed by atoms with Gasteiger partial charge in [-0.2, -0.15) is 13.2 Å². The molecule has 0 aliphatic carbocycles. The number of alkyl halides is 3. The van der Waals surface area contributed by atoms with Crippen LogP contribution in [-0.2, 0) is 38.5 Å². The summed E-state index contributed by atoms with van der Waals surface area (Å²) in [7, 11) is -4.34. The van der Waals surface area contributed by atoms with E-state index in [9.17, 15) is 40.8 Å². The number of halogens is 3. The summed E-state index contributed by atoms with van der Waals surface area (Å²) in [4.78, 5) is 47.8. The van der Waals surface area contributed by atoms with E-state index in [1.165, 1.54) is 26.1 Å². The van der Waals surface area contributed by atoms with Crippen LogP contribution in [0.15, 0.2) is 11.3 Å². The third-order valence-electron chi connectivity index (χ3n) is 3.95. The summed E-state index contributed by atoms with van der Waals surface area (Å²) in [6.45, 7) is 4.88. The van der Waals surface area contributed by atoms with Crippen molar-refractivity contribution in [2.75, 3.05) is 12.4 Å². The van der Waals surface area contributed by atoms with Crippen molar-refractivity contribution in [3.8, 4) is 0 Å². The third kappa shape index (κ3) is 4.74. The lowest BCUT2D eigenvalue weighted by Crippen LogP contribution is -2.75. The van der Waals surface area contributed by atoms with Gasteiger partial charge in [-0.25, -0.2) is 13.2 Å². The molecule has 2 aliphatic rings. The molecule has 2 rings (SSSR count). The van der Waals surface area contributed by atoms with E-state index in [0.29, 0.717) is 4.90 Å². The quantitative estimate of drug-likeness (QED) is 0.453. The van der Waals surface area contributed by atoms with Gasteiger partial charge in [-0.1, -0.05) is 0 Å². The summed E-state index contributed by atoms with van der Waals surface area (Å²) in [6, 6.07) is -2.03. The van der Waals surface area contributed by atoms with Gasteiger partial charge in [-0.3, -0.25) is 19.3 Å². The Labute approximate surface area is 169 Å². The minimum Gasteiger partial charge on any atom is -0.461 e. The maximum absolute atomic E-state index is 12.6. The van der Waals surface area contributed by atoms with Crippen LogP contribution in [-0.4, -0.2) is 72.6 Å². The van der Waals surface area contributed by atoms with Crippen LogP contribution in [0.25, 0.3) is 0 Å². The SMILES string of the molecule is CC(=O)OCC1=C(C(=O)OC(C)(C)C)N2C(=O)[C@H](NC(=O)C(F)(F)F)C2S(=O)(=O)C1. The number of hydrogen-bond acceptors (Lipinski definition) is 8. The van der Waals surface area contributed by atoms with Crippen LogP contribution >= 0.6 is 0 Å². The monoisotopic (exact) mass is 456 g/mol. The summed E-state index contributed by atoms with van der Waals surface area (Å²) < 4.78 is 72.6. The number of sulfone groups is 1. The summed E-state index contributed by atoms with van der Waals surface area (Å²) in [6.07, 6.45) is -5.34. The third-order valence-corrected chi connectivity index (χ3v) is 5.92. The van der Waals surface area contributed by atoms with Gasteiger partial charge in [0.05, 0.1) is 5.75 Å². The van der Waals surface area contributed by atoms with Gasteiger partial charge in [0.25, 0.3) is 5.91 Å². The molecule has 0 aromatic carbocycles. The number of ether oxygens (including phenoxy) is 2. The Kier molecular flexibility index (Phi) is 5.96.